The summed E-state index contributed by atoms with van der Waals surface area (Å²) in [5.41, 5.74) is 0.734. The van der Waals surface area contributed by atoms with E-state index < -0.39 is 0 Å². The fourth-order valence-electron chi connectivity index (χ4n) is 2.01. The molecule has 3 heterocycles. The third kappa shape index (κ3) is 1.79. The molecular formula is C11H12ClN3O. The van der Waals surface area contributed by atoms with Crippen LogP contribution in [0.3, 0.4) is 0 Å². The predicted molar refractivity (Wildman–Crippen MR) is 60.6 cm³/mol. The number of fused-ring (bicyclic) bond motifs is 1. The van der Waals surface area contributed by atoms with Gasteiger partial charge in [0.2, 0.25) is 0 Å². The highest BCUT2D eigenvalue weighted by molar-refractivity contribution is 6.33. The summed E-state index contributed by atoms with van der Waals surface area (Å²) in [4.78, 5) is 4.44. The van der Waals surface area contributed by atoms with Crippen LogP contribution >= 0.6 is 11.6 Å². The van der Waals surface area contributed by atoms with Crippen LogP contribution in [0.15, 0.2) is 18.3 Å². The van der Waals surface area contributed by atoms with Crippen LogP contribution in [-0.4, -0.2) is 27.8 Å². The van der Waals surface area contributed by atoms with Gasteiger partial charge in [0.25, 0.3) is 0 Å². The average molecular weight is 238 g/mol. The van der Waals surface area contributed by atoms with Gasteiger partial charge in [0.15, 0.2) is 11.5 Å². The zero-order chi connectivity index (χ0) is 11.0. The highest BCUT2D eigenvalue weighted by Crippen LogP contribution is 2.19. The lowest BCUT2D eigenvalue weighted by Crippen LogP contribution is -2.05. The summed E-state index contributed by atoms with van der Waals surface area (Å²) in [6.07, 6.45) is 3.84. The smallest absolute Gasteiger partial charge is 0.174 e. The van der Waals surface area contributed by atoms with Crippen molar-refractivity contribution >= 4 is 17.2 Å². The second-order valence-corrected chi connectivity index (χ2v) is 4.49. The zero-order valence-electron chi connectivity index (χ0n) is 8.77. The molecule has 3 rings (SSSR count). The molecule has 84 valence electrons. The number of hydrogen-bond donors (Lipinski definition) is 0. The lowest BCUT2D eigenvalue weighted by molar-refractivity contribution is 0.185. The van der Waals surface area contributed by atoms with E-state index in [9.17, 15) is 0 Å². The van der Waals surface area contributed by atoms with E-state index in [0.29, 0.717) is 10.9 Å². The maximum absolute atomic E-state index is 6.04. The molecule has 1 fully saturated rings. The molecule has 2 aromatic rings. The Morgan fingerprint density at radius 2 is 2.50 bits per heavy atom. The maximum Gasteiger partial charge on any atom is 0.174 e. The Kier molecular flexibility index (Phi) is 2.53. The van der Waals surface area contributed by atoms with E-state index in [1.807, 2.05) is 18.3 Å². The van der Waals surface area contributed by atoms with Gasteiger partial charge in [-0.25, -0.2) is 9.50 Å². The maximum atomic E-state index is 6.04. The molecule has 0 bridgehead atoms. The Bertz CT molecular complexity index is 505. The lowest BCUT2D eigenvalue weighted by Gasteiger charge is -2.01. The van der Waals surface area contributed by atoms with Crippen molar-refractivity contribution in [3.63, 3.8) is 0 Å². The summed E-state index contributed by atoms with van der Waals surface area (Å²) < 4.78 is 7.07. The monoisotopic (exact) mass is 237 g/mol. The van der Waals surface area contributed by atoms with Crippen LogP contribution in [0.4, 0.5) is 0 Å². The number of ether oxygens (including phenoxy) is 1. The minimum absolute atomic E-state index is 0.552. The number of aromatic nitrogens is 3. The van der Waals surface area contributed by atoms with Gasteiger partial charge in [0.1, 0.15) is 0 Å². The van der Waals surface area contributed by atoms with Gasteiger partial charge in [-0.1, -0.05) is 11.6 Å². The lowest BCUT2D eigenvalue weighted by atomic mass is 10.1. The molecule has 0 spiro atoms. The van der Waals surface area contributed by atoms with Crippen molar-refractivity contribution in [3.8, 4) is 0 Å². The molecule has 0 N–H and O–H groups in total. The highest BCUT2D eigenvalue weighted by atomic mass is 35.5. The first-order chi connectivity index (χ1) is 7.83. The first-order valence-electron chi connectivity index (χ1n) is 5.40. The number of hydrogen-bond acceptors (Lipinski definition) is 3. The quantitative estimate of drug-likeness (QED) is 0.802. The molecule has 1 unspecified atom stereocenters. The molecule has 1 aliphatic heterocycles. The Labute approximate surface area is 98.2 Å². The van der Waals surface area contributed by atoms with E-state index in [1.165, 1.54) is 0 Å². The van der Waals surface area contributed by atoms with Gasteiger partial charge in [0.05, 0.1) is 5.02 Å². The molecule has 1 aliphatic rings. The van der Waals surface area contributed by atoms with Crippen molar-refractivity contribution in [2.24, 2.45) is 5.92 Å². The van der Waals surface area contributed by atoms with Crippen LogP contribution in [0.5, 0.6) is 0 Å². The van der Waals surface area contributed by atoms with E-state index in [-0.39, 0.29) is 0 Å². The van der Waals surface area contributed by atoms with Gasteiger partial charge in [-0.3, -0.25) is 0 Å². The molecule has 5 heteroatoms. The third-order valence-electron chi connectivity index (χ3n) is 2.85. The molecule has 16 heavy (non-hydrogen) atoms. The first kappa shape index (κ1) is 10.1. The molecule has 1 atom stereocenters. The molecule has 0 amide bonds. The SMILES string of the molecule is Clc1cccn2nc(CC3CCOC3)nc12. The summed E-state index contributed by atoms with van der Waals surface area (Å²) in [6.45, 7) is 1.68. The van der Waals surface area contributed by atoms with Crippen LogP contribution in [0, 0.1) is 5.92 Å². The minimum Gasteiger partial charge on any atom is -0.381 e. The Morgan fingerprint density at radius 1 is 1.56 bits per heavy atom. The van der Waals surface area contributed by atoms with Crippen molar-refractivity contribution in [2.45, 2.75) is 12.8 Å². The summed E-state index contributed by atoms with van der Waals surface area (Å²) in [5.74, 6) is 1.40. The van der Waals surface area contributed by atoms with Gasteiger partial charge in [-0.2, -0.15) is 5.10 Å². The normalized spacial score (nSPS) is 20.7. The van der Waals surface area contributed by atoms with Gasteiger partial charge in [0, 0.05) is 25.8 Å². The topological polar surface area (TPSA) is 39.4 Å². The van der Waals surface area contributed by atoms with Gasteiger partial charge < -0.3 is 4.74 Å². The Hall–Kier alpha value is -1.13. The van der Waals surface area contributed by atoms with E-state index >= 15 is 0 Å². The van der Waals surface area contributed by atoms with Gasteiger partial charge >= 0.3 is 0 Å². The van der Waals surface area contributed by atoms with Crippen molar-refractivity contribution in [1.29, 1.82) is 0 Å². The Morgan fingerprint density at radius 3 is 3.25 bits per heavy atom. The standard InChI is InChI=1S/C11H12ClN3O/c12-9-2-1-4-15-11(9)13-10(14-15)6-8-3-5-16-7-8/h1-2,4,8H,3,5-7H2. The Balaban J connectivity index is 1.90. The van der Waals surface area contributed by atoms with E-state index in [2.05, 4.69) is 10.1 Å². The largest absolute Gasteiger partial charge is 0.381 e. The molecule has 1 saturated heterocycles. The van der Waals surface area contributed by atoms with Crippen LogP contribution < -0.4 is 0 Å². The molecule has 4 nitrogen and oxygen atoms in total. The fourth-order valence-corrected chi connectivity index (χ4v) is 2.21. The second kappa shape index (κ2) is 4.03. The molecule has 0 saturated carbocycles. The second-order valence-electron chi connectivity index (χ2n) is 4.09. The van der Waals surface area contributed by atoms with E-state index in [1.54, 1.807) is 4.52 Å². The predicted octanol–water partition coefficient (Wildman–Crippen LogP) is 1.96. The molecule has 0 aliphatic carbocycles. The van der Waals surface area contributed by atoms with Crippen molar-refractivity contribution in [1.82, 2.24) is 14.6 Å². The highest BCUT2D eigenvalue weighted by Gasteiger charge is 2.18. The van der Waals surface area contributed by atoms with Crippen molar-refractivity contribution < 1.29 is 4.74 Å². The van der Waals surface area contributed by atoms with Crippen molar-refractivity contribution in [3.05, 3.63) is 29.2 Å². The summed E-state index contributed by atoms with van der Waals surface area (Å²) in [6, 6.07) is 3.69. The number of rotatable bonds is 2. The van der Waals surface area contributed by atoms with Crippen LogP contribution in [0.2, 0.25) is 5.02 Å². The van der Waals surface area contributed by atoms with Crippen molar-refractivity contribution in [2.75, 3.05) is 13.2 Å². The van der Waals surface area contributed by atoms with E-state index in [4.69, 9.17) is 16.3 Å². The van der Waals surface area contributed by atoms with E-state index in [0.717, 1.165) is 37.5 Å². The summed E-state index contributed by atoms with van der Waals surface area (Å²) >= 11 is 6.04. The number of pyridine rings is 1. The summed E-state index contributed by atoms with van der Waals surface area (Å²) in [7, 11) is 0. The van der Waals surface area contributed by atoms with Gasteiger partial charge in [-0.05, 0) is 24.5 Å². The molecule has 2 aromatic heterocycles. The summed E-state index contributed by atoms with van der Waals surface area (Å²) in [5, 5.41) is 5.05. The first-order valence-corrected chi connectivity index (χ1v) is 5.78. The fraction of sp³-hybridized carbons (Fsp3) is 0.455. The number of halogens is 1. The average Bonchev–Trinajstić information content (AvgIpc) is 2.88. The molecule has 0 aromatic carbocycles. The van der Waals surface area contributed by atoms with Crippen LogP contribution in [0.1, 0.15) is 12.2 Å². The molecular weight excluding hydrogens is 226 g/mol. The molecule has 0 radical (unpaired) electrons. The zero-order valence-corrected chi connectivity index (χ0v) is 9.52. The third-order valence-corrected chi connectivity index (χ3v) is 3.15. The minimum atomic E-state index is 0.552. The van der Waals surface area contributed by atoms with Crippen LogP contribution in [-0.2, 0) is 11.2 Å². The van der Waals surface area contributed by atoms with Gasteiger partial charge in [-0.15, -0.1) is 0 Å². The number of nitrogens with zero attached hydrogens (tertiary/aromatic N) is 3. The van der Waals surface area contributed by atoms with Crippen LogP contribution in [0.25, 0.3) is 5.65 Å².